The Bertz CT molecular complexity index is 176. The first-order valence-corrected chi connectivity index (χ1v) is 3.48. The summed E-state index contributed by atoms with van der Waals surface area (Å²) in [5.74, 6) is 0. The average molecular weight is 196 g/mol. The number of alkyl halides is 1. The van der Waals surface area contributed by atoms with Crippen LogP contribution in [0.1, 0.15) is 5.69 Å². The topological polar surface area (TPSA) is 26.0 Å². The molecule has 0 radical (unpaired) electrons. The highest BCUT2D eigenvalue weighted by Crippen LogP contribution is 2.09. The highest BCUT2D eigenvalue weighted by Gasteiger charge is 1.95. The van der Waals surface area contributed by atoms with E-state index in [1.165, 1.54) is 6.26 Å². The second-order valence-corrected chi connectivity index (χ2v) is 2.11. The van der Waals surface area contributed by atoms with Gasteiger partial charge in [0.05, 0.1) is 5.69 Å². The quantitative estimate of drug-likeness (QED) is 0.644. The van der Waals surface area contributed by atoms with E-state index in [-0.39, 0.29) is 5.35 Å². The Morgan fingerprint density at radius 2 is 2.62 bits per heavy atom. The van der Waals surface area contributed by atoms with Gasteiger partial charge in [0.2, 0.25) is 0 Å². The molecule has 0 N–H and O–H groups in total. The minimum Gasteiger partial charge on any atom is -0.436 e. The molecule has 0 aliphatic rings. The van der Waals surface area contributed by atoms with E-state index >= 15 is 0 Å². The second-order valence-electron chi connectivity index (χ2n) is 1.23. The summed E-state index contributed by atoms with van der Waals surface area (Å²) in [6.45, 7) is 0. The van der Waals surface area contributed by atoms with Gasteiger partial charge in [0.1, 0.15) is 6.26 Å². The molecule has 0 bridgehead atoms. The maximum Gasteiger partial charge on any atom is 0.292 e. The fourth-order valence-electron chi connectivity index (χ4n) is 0.344. The molecule has 1 heterocycles. The van der Waals surface area contributed by atoms with Gasteiger partial charge in [-0.25, -0.2) is 4.98 Å². The van der Waals surface area contributed by atoms with Crippen molar-refractivity contribution in [2.24, 2.45) is 0 Å². The van der Waals surface area contributed by atoms with Crippen LogP contribution in [0.4, 0.5) is 0 Å². The number of hydrogen-bond donors (Lipinski definition) is 0. The van der Waals surface area contributed by atoms with Gasteiger partial charge in [-0.05, 0) is 11.6 Å². The average Bonchev–Trinajstić information content (AvgIpc) is 2.14. The van der Waals surface area contributed by atoms with Gasteiger partial charge in [-0.15, -0.1) is 0 Å². The predicted molar refractivity (Wildman–Crippen MR) is 34.1 cm³/mol. The molecular weight excluding hydrogens is 193 g/mol. The fourth-order valence-corrected chi connectivity index (χ4v) is 0.754. The van der Waals surface area contributed by atoms with Gasteiger partial charge in [-0.2, -0.15) is 0 Å². The van der Waals surface area contributed by atoms with E-state index < -0.39 is 0 Å². The largest absolute Gasteiger partial charge is 0.436 e. The van der Waals surface area contributed by atoms with Gasteiger partial charge in [-0.1, -0.05) is 15.9 Å². The second kappa shape index (κ2) is 2.51. The Kier molecular flexibility index (Phi) is 1.91. The zero-order chi connectivity index (χ0) is 5.98. The van der Waals surface area contributed by atoms with E-state index in [0.717, 1.165) is 5.69 Å². The molecule has 0 aliphatic carbocycles. The van der Waals surface area contributed by atoms with Crippen LogP contribution in [0, 0.1) is 0 Å². The van der Waals surface area contributed by atoms with Crippen molar-refractivity contribution in [3.8, 4) is 0 Å². The summed E-state index contributed by atoms with van der Waals surface area (Å²) in [6.07, 6.45) is 1.51. The van der Waals surface area contributed by atoms with Gasteiger partial charge in [-0.3, -0.25) is 0 Å². The summed E-state index contributed by atoms with van der Waals surface area (Å²) < 4.78 is 4.68. The number of oxazole rings is 1. The molecule has 0 amide bonds. The number of halogens is 2. The minimum atomic E-state index is 0.194. The fraction of sp³-hybridized carbons (Fsp3) is 0.250. The van der Waals surface area contributed by atoms with Crippen LogP contribution in [0.15, 0.2) is 10.7 Å². The standard InChI is InChI=1S/C4H3BrClNO/c5-1-3-2-8-4(6)7-3/h2H,1H2. The van der Waals surface area contributed by atoms with E-state index in [9.17, 15) is 0 Å². The summed E-state index contributed by atoms with van der Waals surface area (Å²) in [5, 5.41) is 0.878. The predicted octanol–water partition coefficient (Wildman–Crippen LogP) is 2.22. The smallest absolute Gasteiger partial charge is 0.292 e. The monoisotopic (exact) mass is 195 g/mol. The Hall–Kier alpha value is -0.0200. The normalized spacial score (nSPS) is 9.75. The third-order valence-corrected chi connectivity index (χ3v) is 1.41. The molecule has 0 spiro atoms. The zero-order valence-electron chi connectivity index (χ0n) is 3.90. The van der Waals surface area contributed by atoms with Crippen molar-refractivity contribution in [1.82, 2.24) is 4.98 Å². The lowest BCUT2D eigenvalue weighted by molar-refractivity contribution is 0.559. The molecule has 0 fully saturated rings. The van der Waals surface area contributed by atoms with Crippen LogP contribution < -0.4 is 0 Å². The van der Waals surface area contributed by atoms with Crippen LogP contribution in [-0.2, 0) is 5.33 Å². The molecule has 0 atom stereocenters. The maximum absolute atomic E-state index is 5.34. The van der Waals surface area contributed by atoms with E-state index in [4.69, 9.17) is 11.6 Å². The van der Waals surface area contributed by atoms with E-state index in [1.54, 1.807) is 0 Å². The molecule has 0 aliphatic heterocycles. The Morgan fingerprint density at radius 1 is 1.88 bits per heavy atom. The van der Waals surface area contributed by atoms with Crippen molar-refractivity contribution < 1.29 is 4.42 Å². The summed E-state index contributed by atoms with van der Waals surface area (Å²) in [4.78, 5) is 3.78. The molecule has 0 unspecified atom stereocenters. The molecule has 4 heteroatoms. The summed E-state index contributed by atoms with van der Waals surface area (Å²) in [5.41, 5.74) is 0.815. The van der Waals surface area contributed by atoms with Crippen LogP contribution in [0.2, 0.25) is 5.35 Å². The Morgan fingerprint density at radius 3 is 2.88 bits per heavy atom. The number of hydrogen-bond acceptors (Lipinski definition) is 2. The van der Waals surface area contributed by atoms with E-state index in [1.807, 2.05) is 0 Å². The van der Waals surface area contributed by atoms with Crippen molar-refractivity contribution in [2.45, 2.75) is 5.33 Å². The summed E-state index contributed by atoms with van der Waals surface area (Å²) in [6, 6.07) is 0. The Labute approximate surface area is 60.0 Å². The minimum absolute atomic E-state index is 0.194. The lowest BCUT2D eigenvalue weighted by atomic mass is 10.6. The SMILES string of the molecule is Clc1nc(CBr)co1. The zero-order valence-corrected chi connectivity index (χ0v) is 6.24. The van der Waals surface area contributed by atoms with Gasteiger partial charge in [0, 0.05) is 5.33 Å². The molecular formula is C4H3BrClNO. The molecule has 0 aromatic carbocycles. The van der Waals surface area contributed by atoms with Crippen molar-refractivity contribution >= 4 is 27.5 Å². The van der Waals surface area contributed by atoms with E-state index in [2.05, 4.69) is 25.3 Å². The molecule has 0 saturated carbocycles. The van der Waals surface area contributed by atoms with Crippen molar-refractivity contribution in [2.75, 3.05) is 0 Å². The third-order valence-electron chi connectivity index (χ3n) is 0.661. The highest BCUT2D eigenvalue weighted by atomic mass is 79.9. The van der Waals surface area contributed by atoms with Crippen molar-refractivity contribution in [3.05, 3.63) is 17.3 Å². The lowest BCUT2D eigenvalue weighted by Gasteiger charge is -1.74. The number of nitrogens with zero attached hydrogens (tertiary/aromatic N) is 1. The summed E-state index contributed by atoms with van der Waals surface area (Å²) in [7, 11) is 0. The van der Waals surface area contributed by atoms with Gasteiger partial charge in [0.25, 0.3) is 5.35 Å². The molecule has 44 valence electrons. The van der Waals surface area contributed by atoms with Crippen molar-refractivity contribution in [3.63, 3.8) is 0 Å². The number of aromatic nitrogens is 1. The van der Waals surface area contributed by atoms with Crippen LogP contribution in [0.5, 0.6) is 0 Å². The van der Waals surface area contributed by atoms with Gasteiger partial charge in [0.15, 0.2) is 0 Å². The number of rotatable bonds is 1. The van der Waals surface area contributed by atoms with Crippen LogP contribution >= 0.6 is 27.5 Å². The molecule has 1 aromatic rings. The molecule has 2 nitrogen and oxygen atoms in total. The Balaban J connectivity index is 2.84. The van der Waals surface area contributed by atoms with Gasteiger partial charge >= 0.3 is 0 Å². The first kappa shape index (κ1) is 6.11. The first-order valence-electron chi connectivity index (χ1n) is 1.99. The van der Waals surface area contributed by atoms with Gasteiger partial charge < -0.3 is 4.42 Å². The van der Waals surface area contributed by atoms with Crippen LogP contribution in [0.25, 0.3) is 0 Å². The molecule has 1 aromatic heterocycles. The molecule has 0 saturated heterocycles. The highest BCUT2D eigenvalue weighted by molar-refractivity contribution is 9.08. The lowest BCUT2D eigenvalue weighted by Crippen LogP contribution is -1.71. The maximum atomic E-state index is 5.34. The van der Waals surface area contributed by atoms with Crippen LogP contribution in [-0.4, -0.2) is 4.98 Å². The van der Waals surface area contributed by atoms with E-state index in [0.29, 0.717) is 5.33 Å². The molecule has 1 rings (SSSR count). The first-order chi connectivity index (χ1) is 3.83. The third kappa shape index (κ3) is 1.23. The molecule has 8 heavy (non-hydrogen) atoms. The van der Waals surface area contributed by atoms with Crippen molar-refractivity contribution in [1.29, 1.82) is 0 Å². The summed E-state index contributed by atoms with van der Waals surface area (Å²) >= 11 is 8.53. The van der Waals surface area contributed by atoms with Crippen LogP contribution in [0.3, 0.4) is 0 Å².